The molecular formula is C20H14N4O6S. The molecule has 0 aliphatic rings. The number of anilines is 1. The first kappa shape index (κ1) is 20.2. The van der Waals surface area contributed by atoms with Gasteiger partial charge in [0.15, 0.2) is 16.5 Å². The third-order valence-corrected chi connectivity index (χ3v) is 5.48. The monoisotopic (exact) mass is 438 g/mol. The van der Waals surface area contributed by atoms with E-state index >= 15 is 0 Å². The number of benzene rings is 2. The van der Waals surface area contributed by atoms with E-state index < -0.39 is 16.6 Å². The van der Waals surface area contributed by atoms with Crippen LogP contribution in [0.4, 0.5) is 10.8 Å². The van der Waals surface area contributed by atoms with E-state index in [2.05, 4.69) is 10.3 Å². The standard InChI is InChI=1S/C20H14N4O6S/c1-11(25)18-17(12-5-3-2-4-6-12)22-19(31-18)21-16(26)10-23-14-8-7-13(24(28)29)9-15(14)30-20(23)27/h2-9H,10H2,1H3,(H,21,22,26). The van der Waals surface area contributed by atoms with Crippen molar-refractivity contribution in [3.8, 4) is 11.3 Å². The summed E-state index contributed by atoms with van der Waals surface area (Å²) >= 11 is 1.04. The first-order valence-corrected chi connectivity index (χ1v) is 9.80. The van der Waals surface area contributed by atoms with E-state index in [4.69, 9.17) is 4.42 Å². The zero-order valence-electron chi connectivity index (χ0n) is 16.0. The number of nitrogens with one attached hydrogen (secondary N) is 1. The third-order valence-electron chi connectivity index (χ3n) is 4.40. The molecule has 31 heavy (non-hydrogen) atoms. The second-order valence-corrected chi connectivity index (χ2v) is 7.53. The number of ketones is 1. The van der Waals surface area contributed by atoms with Gasteiger partial charge in [0.25, 0.3) is 5.69 Å². The van der Waals surface area contributed by atoms with Gasteiger partial charge in [0.05, 0.1) is 27.1 Å². The molecule has 2 aromatic carbocycles. The van der Waals surface area contributed by atoms with Crippen molar-refractivity contribution in [2.75, 3.05) is 5.32 Å². The normalized spacial score (nSPS) is 10.9. The maximum Gasteiger partial charge on any atom is 0.420 e. The molecule has 0 aliphatic carbocycles. The van der Waals surface area contributed by atoms with Gasteiger partial charge in [-0.25, -0.2) is 9.78 Å². The van der Waals surface area contributed by atoms with Gasteiger partial charge in [-0.3, -0.25) is 24.3 Å². The van der Waals surface area contributed by atoms with E-state index in [0.717, 1.165) is 27.5 Å². The van der Waals surface area contributed by atoms with Crippen LogP contribution in [0.3, 0.4) is 0 Å². The zero-order chi connectivity index (χ0) is 22.1. The summed E-state index contributed by atoms with van der Waals surface area (Å²) in [5.74, 6) is -1.57. The second kappa shape index (κ2) is 7.95. The molecule has 0 radical (unpaired) electrons. The van der Waals surface area contributed by atoms with Gasteiger partial charge in [-0.2, -0.15) is 0 Å². The van der Waals surface area contributed by atoms with E-state index in [0.29, 0.717) is 10.6 Å². The molecule has 0 aliphatic heterocycles. The molecule has 156 valence electrons. The Morgan fingerprint density at radius 1 is 1.23 bits per heavy atom. The van der Waals surface area contributed by atoms with Crippen molar-refractivity contribution in [2.24, 2.45) is 0 Å². The van der Waals surface area contributed by atoms with Gasteiger partial charge in [-0.05, 0) is 6.07 Å². The van der Waals surface area contributed by atoms with E-state index in [-0.39, 0.29) is 34.2 Å². The number of fused-ring (bicyclic) bond motifs is 1. The predicted molar refractivity (Wildman–Crippen MR) is 113 cm³/mol. The number of non-ortho nitro benzene ring substituents is 1. The highest BCUT2D eigenvalue weighted by Gasteiger charge is 2.20. The minimum absolute atomic E-state index is 0.00600. The summed E-state index contributed by atoms with van der Waals surface area (Å²) < 4.78 is 6.08. The Hall–Kier alpha value is -4.12. The first-order valence-electron chi connectivity index (χ1n) is 8.98. The van der Waals surface area contributed by atoms with Gasteiger partial charge in [0.2, 0.25) is 5.91 Å². The Morgan fingerprint density at radius 3 is 2.65 bits per heavy atom. The Bertz CT molecular complexity index is 1390. The van der Waals surface area contributed by atoms with Crippen LogP contribution in [0.15, 0.2) is 57.7 Å². The molecule has 11 heteroatoms. The fourth-order valence-electron chi connectivity index (χ4n) is 3.02. The summed E-state index contributed by atoms with van der Waals surface area (Å²) in [6, 6.07) is 12.8. The van der Waals surface area contributed by atoms with Gasteiger partial charge in [0.1, 0.15) is 6.54 Å². The van der Waals surface area contributed by atoms with Crippen LogP contribution in [0.5, 0.6) is 0 Å². The molecule has 4 aromatic rings. The minimum Gasteiger partial charge on any atom is -0.407 e. The Labute approximate surface area is 177 Å². The number of nitrogens with zero attached hydrogens (tertiary/aromatic N) is 3. The highest BCUT2D eigenvalue weighted by molar-refractivity contribution is 7.18. The smallest absolute Gasteiger partial charge is 0.407 e. The molecule has 0 saturated heterocycles. The third kappa shape index (κ3) is 3.98. The van der Waals surface area contributed by atoms with E-state index in [1.165, 1.54) is 19.1 Å². The lowest BCUT2D eigenvalue weighted by molar-refractivity contribution is -0.384. The molecule has 2 heterocycles. The van der Waals surface area contributed by atoms with Crippen molar-refractivity contribution < 1.29 is 18.9 Å². The molecule has 0 bridgehead atoms. The van der Waals surface area contributed by atoms with Gasteiger partial charge in [-0.1, -0.05) is 41.7 Å². The lowest BCUT2D eigenvalue weighted by Gasteiger charge is -2.02. The number of aromatic nitrogens is 2. The summed E-state index contributed by atoms with van der Waals surface area (Å²) in [6.45, 7) is 1.03. The molecule has 1 amide bonds. The number of carbonyl (C=O) groups excluding carboxylic acids is 2. The summed E-state index contributed by atoms with van der Waals surface area (Å²) in [5.41, 5.74) is 1.23. The maximum absolute atomic E-state index is 12.5. The van der Waals surface area contributed by atoms with Crippen molar-refractivity contribution >= 4 is 44.9 Å². The predicted octanol–water partition coefficient (Wildman–Crippen LogP) is 3.47. The summed E-state index contributed by atoms with van der Waals surface area (Å²) in [6.07, 6.45) is 0. The number of oxazole rings is 1. The van der Waals surface area contributed by atoms with Gasteiger partial charge in [-0.15, -0.1) is 0 Å². The SMILES string of the molecule is CC(=O)c1sc(NC(=O)Cn2c(=O)oc3cc([N+](=O)[O-])ccc32)nc1-c1ccccc1. The number of hydrogen-bond donors (Lipinski definition) is 1. The fourth-order valence-corrected chi connectivity index (χ4v) is 3.92. The first-order chi connectivity index (χ1) is 14.8. The number of nitro groups is 1. The maximum atomic E-state index is 12.5. The molecule has 10 nitrogen and oxygen atoms in total. The van der Waals surface area contributed by atoms with Crippen LogP contribution in [0.2, 0.25) is 0 Å². The Kier molecular flexibility index (Phi) is 5.17. The summed E-state index contributed by atoms with van der Waals surface area (Å²) in [7, 11) is 0. The van der Waals surface area contributed by atoms with Crippen molar-refractivity contribution in [3.05, 3.63) is 74.1 Å². The van der Waals surface area contributed by atoms with E-state index in [9.17, 15) is 24.5 Å². The molecule has 0 spiro atoms. The van der Waals surface area contributed by atoms with Crippen LogP contribution >= 0.6 is 11.3 Å². The quantitative estimate of drug-likeness (QED) is 0.276. The van der Waals surface area contributed by atoms with Gasteiger partial charge in [0, 0.05) is 18.6 Å². The van der Waals surface area contributed by atoms with Crippen molar-refractivity contribution in [1.29, 1.82) is 0 Å². The van der Waals surface area contributed by atoms with Crippen LogP contribution < -0.4 is 11.1 Å². The highest BCUT2D eigenvalue weighted by atomic mass is 32.1. The Balaban J connectivity index is 1.60. The molecule has 0 unspecified atom stereocenters. The lowest BCUT2D eigenvalue weighted by Crippen LogP contribution is -2.24. The van der Waals surface area contributed by atoms with Gasteiger partial charge >= 0.3 is 5.76 Å². The molecule has 0 saturated carbocycles. The number of Topliss-reactive ketones (excluding diaryl/α,β-unsaturated/α-hetero) is 1. The number of thiazole rings is 1. The molecule has 0 atom stereocenters. The van der Waals surface area contributed by atoms with E-state index in [1.54, 1.807) is 0 Å². The summed E-state index contributed by atoms with van der Waals surface area (Å²) in [4.78, 5) is 51.7. The van der Waals surface area contributed by atoms with Crippen LogP contribution in [0.1, 0.15) is 16.6 Å². The zero-order valence-corrected chi connectivity index (χ0v) is 16.8. The minimum atomic E-state index is -0.820. The van der Waals surface area contributed by atoms with Gasteiger partial charge < -0.3 is 9.73 Å². The molecule has 4 rings (SSSR count). The molecular weight excluding hydrogens is 424 g/mol. The average Bonchev–Trinajstić information content (AvgIpc) is 3.29. The number of hydrogen-bond acceptors (Lipinski definition) is 8. The number of rotatable bonds is 6. The topological polar surface area (TPSA) is 137 Å². The average molecular weight is 438 g/mol. The molecule has 0 fully saturated rings. The molecule has 2 aromatic heterocycles. The van der Waals surface area contributed by atoms with E-state index in [1.807, 2.05) is 30.3 Å². The fraction of sp³-hybridized carbons (Fsp3) is 0.100. The largest absolute Gasteiger partial charge is 0.420 e. The summed E-state index contributed by atoms with van der Waals surface area (Å²) in [5, 5.41) is 13.7. The number of carbonyl (C=O) groups is 2. The van der Waals surface area contributed by atoms with Crippen LogP contribution in [-0.2, 0) is 11.3 Å². The van der Waals surface area contributed by atoms with Crippen molar-refractivity contribution in [3.63, 3.8) is 0 Å². The number of amides is 1. The van der Waals surface area contributed by atoms with Crippen LogP contribution in [-0.4, -0.2) is 26.2 Å². The second-order valence-electron chi connectivity index (χ2n) is 6.53. The Morgan fingerprint density at radius 2 is 1.97 bits per heavy atom. The number of nitro benzene ring substituents is 1. The van der Waals surface area contributed by atoms with Crippen molar-refractivity contribution in [2.45, 2.75) is 13.5 Å². The van der Waals surface area contributed by atoms with Crippen LogP contribution in [0.25, 0.3) is 22.4 Å². The highest BCUT2D eigenvalue weighted by Crippen LogP contribution is 2.31. The van der Waals surface area contributed by atoms with Crippen LogP contribution in [0, 0.1) is 10.1 Å². The lowest BCUT2D eigenvalue weighted by atomic mass is 10.1. The molecule has 1 N–H and O–H groups in total. The van der Waals surface area contributed by atoms with Crippen molar-refractivity contribution in [1.82, 2.24) is 9.55 Å².